The first-order valence-electron chi connectivity index (χ1n) is 7.56. The molecule has 1 fully saturated rings. The number of ether oxygens (including phenoxy) is 1. The van der Waals surface area contributed by atoms with Gasteiger partial charge in [-0.05, 0) is 30.8 Å². The number of nitrogens with zero attached hydrogens (tertiary/aromatic N) is 2. The number of piperazine rings is 1. The summed E-state index contributed by atoms with van der Waals surface area (Å²) < 4.78 is 4.60. The van der Waals surface area contributed by atoms with Gasteiger partial charge in [0, 0.05) is 31.9 Å². The van der Waals surface area contributed by atoms with E-state index in [9.17, 15) is 14.4 Å². The van der Waals surface area contributed by atoms with Gasteiger partial charge in [0.05, 0.1) is 12.7 Å². The Hall–Kier alpha value is -2.41. The van der Waals surface area contributed by atoms with E-state index in [-0.39, 0.29) is 0 Å². The van der Waals surface area contributed by atoms with E-state index in [0.717, 1.165) is 19.6 Å². The molecular formula is C16H21N3O4. The summed E-state index contributed by atoms with van der Waals surface area (Å²) in [5, 5.41) is 2.55. The highest BCUT2D eigenvalue weighted by Gasteiger charge is 2.25. The van der Waals surface area contributed by atoms with Crippen LogP contribution >= 0.6 is 0 Å². The minimum absolute atomic E-state index is 0.382. The first-order chi connectivity index (χ1) is 11.0. The van der Waals surface area contributed by atoms with Crippen molar-refractivity contribution in [2.75, 3.05) is 45.2 Å². The molecule has 23 heavy (non-hydrogen) atoms. The summed E-state index contributed by atoms with van der Waals surface area (Å²) in [5.41, 5.74) is 0.843. The predicted octanol–water partition coefficient (Wildman–Crippen LogP) is 0.576. The molecule has 1 aliphatic heterocycles. The number of nitrogens with one attached hydrogen (secondary N) is 1. The number of carbonyl (C=O) groups is 3. The van der Waals surface area contributed by atoms with Gasteiger partial charge in [-0.3, -0.25) is 9.59 Å². The van der Waals surface area contributed by atoms with Crippen molar-refractivity contribution in [3.63, 3.8) is 0 Å². The number of likely N-dealkylation sites (N-methyl/N-ethyl adjacent to an activating group) is 1. The molecular weight excluding hydrogens is 298 g/mol. The number of amides is 2. The smallest absolute Gasteiger partial charge is 0.337 e. The maximum absolute atomic E-state index is 12.1. The number of hydrogen-bond acceptors (Lipinski definition) is 5. The van der Waals surface area contributed by atoms with Crippen molar-refractivity contribution < 1.29 is 19.1 Å². The van der Waals surface area contributed by atoms with Crippen LogP contribution in [0.4, 0.5) is 5.69 Å². The van der Waals surface area contributed by atoms with E-state index in [1.165, 1.54) is 19.2 Å². The van der Waals surface area contributed by atoms with Gasteiger partial charge >= 0.3 is 17.8 Å². The van der Waals surface area contributed by atoms with Crippen LogP contribution in [-0.2, 0) is 14.3 Å². The van der Waals surface area contributed by atoms with Gasteiger partial charge in [0.2, 0.25) is 0 Å². The van der Waals surface area contributed by atoms with Crippen LogP contribution in [0.25, 0.3) is 0 Å². The minimum Gasteiger partial charge on any atom is -0.465 e. The first kappa shape index (κ1) is 17.0. The molecule has 1 saturated heterocycles. The van der Waals surface area contributed by atoms with Crippen molar-refractivity contribution in [3.05, 3.63) is 29.8 Å². The molecule has 0 aromatic heterocycles. The molecule has 2 amide bonds. The number of methoxy groups -OCH3 is 1. The summed E-state index contributed by atoms with van der Waals surface area (Å²) in [6.07, 6.45) is 0. The third-order valence-electron chi connectivity index (χ3n) is 3.86. The minimum atomic E-state index is -0.666. The van der Waals surface area contributed by atoms with Crippen LogP contribution in [0.15, 0.2) is 24.3 Å². The van der Waals surface area contributed by atoms with E-state index in [0.29, 0.717) is 24.3 Å². The Labute approximate surface area is 135 Å². The summed E-state index contributed by atoms with van der Waals surface area (Å²) in [7, 11) is 1.30. The molecule has 0 saturated carbocycles. The zero-order valence-electron chi connectivity index (χ0n) is 13.4. The van der Waals surface area contributed by atoms with Gasteiger partial charge < -0.3 is 19.9 Å². The van der Waals surface area contributed by atoms with E-state index in [1.807, 2.05) is 0 Å². The second-order valence-corrected chi connectivity index (χ2v) is 5.25. The van der Waals surface area contributed by atoms with Crippen molar-refractivity contribution in [3.8, 4) is 0 Å². The predicted molar refractivity (Wildman–Crippen MR) is 85.1 cm³/mol. The maximum atomic E-state index is 12.1. The molecule has 2 rings (SSSR count). The van der Waals surface area contributed by atoms with Gasteiger partial charge in [-0.25, -0.2) is 4.79 Å². The summed E-state index contributed by atoms with van der Waals surface area (Å²) in [6.45, 7) is 5.69. The number of anilines is 1. The molecule has 0 unspecified atom stereocenters. The molecule has 0 spiro atoms. The van der Waals surface area contributed by atoms with E-state index < -0.39 is 17.8 Å². The summed E-state index contributed by atoms with van der Waals surface area (Å²) in [6, 6.07) is 6.19. The normalized spacial score (nSPS) is 15.1. The second kappa shape index (κ2) is 7.73. The standard InChI is InChI=1S/C16H21N3O4/c1-3-18-8-10-19(11-9-18)15(21)14(20)17-13-6-4-12(5-7-13)16(22)23-2/h4-7H,3,8-11H2,1-2H3,(H,17,20). The van der Waals surface area contributed by atoms with E-state index in [1.54, 1.807) is 17.0 Å². The summed E-state index contributed by atoms with van der Waals surface area (Å²) in [5.74, 6) is -1.65. The van der Waals surface area contributed by atoms with E-state index >= 15 is 0 Å². The number of benzene rings is 1. The fraction of sp³-hybridized carbons (Fsp3) is 0.438. The van der Waals surface area contributed by atoms with Crippen LogP contribution in [0.3, 0.4) is 0 Å². The van der Waals surface area contributed by atoms with Crippen LogP contribution in [-0.4, -0.2) is 67.4 Å². The van der Waals surface area contributed by atoms with Crippen molar-refractivity contribution in [2.24, 2.45) is 0 Å². The van der Waals surface area contributed by atoms with Gasteiger partial charge in [0.1, 0.15) is 0 Å². The van der Waals surface area contributed by atoms with Crippen molar-refractivity contribution in [1.82, 2.24) is 9.80 Å². The molecule has 0 atom stereocenters. The molecule has 7 nitrogen and oxygen atoms in total. The first-order valence-corrected chi connectivity index (χ1v) is 7.56. The lowest BCUT2D eigenvalue weighted by atomic mass is 10.2. The van der Waals surface area contributed by atoms with E-state index in [4.69, 9.17) is 0 Å². The topological polar surface area (TPSA) is 79.0 Å². The number of esters is 1. The Balaban J connectivity index is 1.91. The molecule has 124 valence electrons. The third kappa shape index (κ3) is 4.29. The third-order valence-corrected chi connectivity index (χ3v) is 3.86. The number of rotatable bonds is 3. The highest BCUT2D eigenvalue weighted by Crippen LogP contribution is 2.11. The van der Waals surface area contributed by atoms with Gasteiger partial charge in [-0.15, -0.1) is 0 Å². The Kier molecular flexibility index (Phi) is 5.70. The summed E-state index contributed by atoms with van der Waals surface area (Å²) in [4.78, 5) is 39.3. The highest BCUT2D eigenvalue weighted by atomic mass is 16.5. The fourth-order valence-electron chi connectivity index (χ4n) is 2.40. The van der Waals surface area contributed by atoms with Crippen molar-refractivity contribution in [1.29, 1.82) is 0 Å². The number of carbonyl (C=O) groups excluding carboxylic acids is 3. The van der Waals surface area contributed by atoms with Crippen molar-refractivity contribution >= 4 is 23.5 Å². The molecule has 1 heterocycles. The zero-order chi connectivity index (χ0) is 16.8. The average molecular weight is 319 g/mol. The van der Waals surface area contributed by atoms with Gasteiger partial charge in [0.25, 0.3) is 0 Å². The Morgan fingerprint density at radius 3 is 2.22 bits per heavy atom. The number of hydrogen-bond donors (Lipinski definition) is 1. The van der Waals surface area contributed by atoms with Gasteiger partial charge in [-0.1, -0.05) is 6.92 Å². The highest BCUT2D eigenvalue weighted by molar-refractivity contribution is 6.39. The van der Waals surface area contributed by atoms with Crippen LogP contribution in [0.5, 0.6) is 0 Å². The molecule has 0 radical (unpaired) electrons. The molecule has 1 aromatic carbocycles. The molecule has 1 aromatic rings. The molecule has 0 bridgehead atoms. The Morgan fingerprint density at radius 2 is 1.70 bits per heavy atom. The van der Waals surface area contributed by atoms with Crippen LogP contribution in [0.2, 0.25) is 0 Å². The lowest BCUT2D eigenvalue weighted by Gasteiger charge is -2.33. The average Bonchev–Trinajstić information content (AvgIpc) is 2.61. The second-order valence-electron chi connectivity index (χ2n) is 5.25. The molecule has 0 aliphatic carbocycles. The lowest BCUT2D eigenvalue weighted by Crippen LogP contribution is -2.51. The van der Waals surface area contributed by atoms with Gasteiger partial charge in [-0.2, -0.15) is 0 Å². The Morgan fingerprint density at radius 1 is 1.09 bits per heavy atom. The van der Waals surface area contributed by atoms with Crippen LogP contribution in [0, 0.1) is 0 Å². The SMILES string of the molecule is CCN1CCN(C(=O)C(=O)Nc2ccc(C(=O)OC)cc2)CC1. The Bertz CT molecular complexity index is 577. The van der Waals surface area contributed by atoms with Crippen LogP contribution in [0.1, 0.15) is 17.3 Å². The lowest BCUT2D eigenvalue weighted by molar-refractivity contribution is -0.144. The zero-order valence-corrected chi connectivity index (χ0v) is 13.4. The molecule has 1 N–H and O–H groups in total. The van der Waals surface area contributed by atoms with E-state index in [2.05, 4.69) is 21.9 Å². The van der Waals surface area contributed by atoms with Gasteiger partial charge in [0.15, 0.2) is 0 Å². The molecule has 7 heteroatoms. The fourth-order valence-corrected chi connectivity index (χ4v) is 2.40. The monoisotopic (exact) mass is 319 g/mol. The van der Waals surface area contributed by atoms with Crippen molar-refractivity contribution in [2.45, 2.75) is 6.92 Å². The summed E-state index contributed by atoms with van der Waals surface area (Å²) >= 11 is 0. The molecule has 1 aliphatic rings. The largest absolute Gasteiger partial charge is 0.465 e. The maximum Gasteiger partial charge on any atom is 0.337 e. The quantitative estimate of drug-likeness (QED) is 0.651. The van der Waals surface area contributed by atoms with Crippen LogP contribution < -0.4 is 5.32 Å².